The largest absolute Gasteiger partial charge is 0.328 e. The number of hydrogen-bond donors (Lipinski definition) is 1. The number of quaternary nitrogens is 1. The lowest BCUT2D eigenvalue weighted by atomic mass is 9.93. The lowest BCUT2D eigenvalue weighted by Gasteiger charge is -2.17. The summed E-state index contributed by atoms with van der Waals surface area (Å²) in [6.45, 7) is 4.38. The molecule has 0 saturated heterocycles. The highest BCUT2D eigenvalue weighted by Gasteiger charge is 2.53. The molecule has 0 radical (unpaired) electrons. The Morgan fingerprint density at radius 1 is 1.21 bits per heavy atom. The SMILES string of the molecule is CCC1CC(N)CC1c1nnc2cnc3c(n12)C=C[N+]31C=S1c1ccc(C)cc1. The first-order valence-corrected chi connectivity index (χ1v) is 11.6. The van der Waals surface area contributed by atoms with E-state index in [2.05, 4.69) is 70.5 Å². The Bertz CT molecular complexity index is 1190. The Morgan fingerprint density at radius 2 is 2.03 bits per heavy atom. The van der Waals surface area contributed by atoms with Crippen LogP contribution in [0.5, 0.6) is 0 Å². The van der Waals surface area contributed by atoms with Gasteiger partial charge >= 0.3 is 0 Å². The number of rotatable bonds is 3. The summed E-state index contributed by atoms with van der Waals surface area (Å²) in [6, 6.07) is 9.11. The van der Waals surface area contributed by atoms with Crippen molar-refractivity contribution in [1.82, 2.24) is 23.5 Å². The predicted molar refractivity (Wildman–Crippen MR) is 118 cm³/mol. The summed E-state index contributed by atoms with van der Waals surface area (Å²) >= 11 is 0. The van der Waals surface area contributed by atoms with Gasteiger partial charge in [-0.05, 0) is 37.8 Å². The zero-order valence-electron chi connectivity index (χ0n) is 16.7. The minimum atomic E-state index is 0.00287. The van der Waals surface area contributed by atoms with E-state index in [1.54, 1.807) is 0 Å². The van der Waals surface area contributed by atoms with Crippen LogP contribution < -0.4 is 9.62 Å². The molecule has 6 rings (SSSR count). The van der Waals surface area contributed by atoms with Crippen LogP contribution >= 0.6 is 10.7 Å². The molecule has 3 aliphatic rings. The summed E-state index contributed by atoms with van der Waals surface area (Å²) in [4.78, 5) is 6.18. The average Bonchev–Trinajstić information content (AvgIpc) is 3.00. The summed E-state index contributed by atoms with van der Waals surface area (Å²) in [5.74, 6) is 3.08. The molecule has 1 spiro atoms. The molecular formula is C22H25N6S+. The summed E-state index contributed by atoms with van der Waals surface area (Å²) < 4.78 is 2.95. The fourth-order valence-corrected chi connectivity index (χ4v) is 7.02. The number of nitrogens with two attached hydrogens (primary N) is 1. The molecule has 2 aliphatic heterocycles. The van der Waals surface area contributed by atoms with Gasteiger partial charge in [-0.2, -0.15) is 8.87 Å². The molecule has 29 heavy (non-hydrogen) atoms. The molecule has 1 aliphatic carbocycles. The van der Waals surface area contributed by atoms with Crippen LogP contribution in [0.2, 0.25) is 0 Å². The predicted octanol–water partition coefficient (Wildman–Crippen LogP) is 3.97. The second-order valence-corrected chi connectivity index (χ2v) is 10.4. The molecule has 1 fully saturated rings. The number of nitrogens with zero attached hydrogens (tertiary/aromatic N) is 5. The Hall–Kier alpha value is -2.35. The zero-order chi connectivity index (χ0) is 19.8. The Labute approximate surface area is 172 Å². The summed E-state index contributed by atoms with van der Waals surface area (Å²) in [6.07, 6.45) is 9.53. The Morgan fingerprint density at radius 3 is 2.83 bits per heavy atom. The van der Waals surface area contributed by atoms with Gasteiger partial charge in [-0.1, -0.05) is 31.0 Å². The first-order chi connectivity index (χ1) is 14.1. The molecule has 4 heterocycles. The molecule has 0 amide bonds. The molecule has 148 valence electrons. The molecule has 3 aromatic rings. The van der Waals surface area contributed by atoms with E-state index in [9.17, 15) is 0 Å². The monoisotopic (exact) mass is 405 g/mol. The second kappa shape index (κ2) is 6.08. The van der Waals surface area contributed by atoms with Gasteiger partial charge in [0.25, 0.3) is 5.82 Å². The Balaban J connectivity index is 1.44. The van der Waals surface area contributed by atoms with Crippen molar-refractivity contribution in [3.8, 4) is 0 Å². The van der Waals surface area contributed by atoms with Crippen LogP contribution in [0.25, 0.3) is 11.7 Å². The van der Waals surface area contributed by atoms with E-state index >= 15 is 0 Å². The van der Waals surface area contributed by atoms with Crippen molar-refractivity contribution in [2.24, 2.45) is 11.7 Å². The van der Waals surface area contributed by atoms with Gasteiger partial charge in [0, 0.05) is 18.0 Å². The summed E-state index contributed by atoms with van der Waals surface area (Å²) in [5, 5.41) is 9.06. The van der Waals surface area contributed by atoms with Gasteiger partial charge < -0.3 is 5.73 Å². The molecule has 1 aromatic carbocycles. The number of hydrogen-bond acceptors (Lipinski definition) is 4. The Kier molecular flexibility index (Phi) is 3.67. The number of aromatic nitrogens is 4. The topological polar surface area (TPSA) is 69.1 Å². The van der Waals surface area contributed by atoms with Gasteiger partial charge in [-0.3, -0.25) is 4.40 Å². The van der Waals surface area contributed by atoms with Crippen LogP contribution in [0.1, 0.15) is 49.2 Å². The molecule has 5 atom stereocenters. The van der Waals surface area contributed by atoms with Gasteiger partial charge in [0.2, 0.25) is 5.49 Å². The molecule has 0 bridgehead atoms. The van der Waals surface area contributed by atoms with E-state index in [0.29, 0.717) is 15.7 Å². The van der Waals surface area contributed by atoms with E-state index in [-0.39, 0.29) is 16.7 Å². The van der Waals surface area contributed by atoms with E-state index in [1.807, 2.05) is 6.20 Å². The van der Waals surface area contributed by atoms with Crippen molar-refractivity contribution < 1.29 is 0 Å². The van der Waals surface area contributed by atoms with Crippen LogP contribution in [-0.4, -0.2) is 31.1 Å². The standard InChI is InChI=1S/C22H25N6S/c1-3-15-10-16(23)11-18(15)21-26-25-20-12-24-22-19(27(20)21)8-9-28(22)13-29(28)17-6-4-14(2)5-7-17/h4-9,12-13,15-16,18H,3,10-11,23H2,1-2H3/q+1. The fourth-order valence-electron chi connectivity index (χ4n) is 5.06. The normalized spacial score (nSPS) is 32.1. The van der Waals surface area contributed by atoms with Crippen LogP contribution in [0, 0.1) is 12.8 Å². The molecule has 7 heteroatoms. The van der Waals surface area contributed by atoms with Gasteiger partial charge in [0.15, 0.2) is 5.65 Å². The zero-order valence-corrected chi connectivity index (χ0v) is 17.5. The highest BCUT2D eigenvalue weighted by atomic mass is 32.2. The van der Waals surface area contributed by atoms with E-state index in [1.165, 1.54) is 10.5 Å². The summed E-state index contributed by atoms with van der Waals surface area (Å²) in [7, 11) is 0.00287. The maximum Gasteiger partial charge on any atom is 0.274 e. The second-order valence-electron chi connectivity index (χ2n) is 8.48. The first kappa shape index (κ1) is 17.5. The highest BCUT2D eigenvalue weighted by molar-refractivity contribution is 8.22. The molecular weight excluding hydrogens is 380 g/mol. The third-order valence-corrected chi connectivity index (χ3v) is 8.78. The lowest BCUT2D eigenvalue weighted by molar-refractivity contribution is 0.449. The maximum atomic E-state index is 6.31. The summed E-state index contributed by atoms with van der Waals surface area (Å²) in [5.41, 5.74) is 11.9. The lowest BCUT2D eigenvalue weighted by Crippen LogP contribution is -2.20. The van der Waals surface area contributed by atoms with E-state index < -0.39 is 0 Å². The van der Waals surface area contributed by atoms with Crippen LogP contribution in [-0.2, 0) is 0 Å². The smallest absolute Gasteiger partial charge is 0.274 e. The van der Waals surface area contributed by atoms with Crippen molar-refractivity contribution in [1.29, 1.82) is 0 Å². The molecule has 6 nitrogen and oxygen atoms in total. The number of fused-ring (bicyclic) bond motifs is 4. The molecule has 1 saturated carbocycles. The number of aryl methyl sites for hydroxylation is 1. The van der Waals surface area contributed by atoms with Crippen LogP contribution in [0.3, 0.4) is 0 Å². The third kappa shape index (κ3) is 2.44. The molecule has 5 unspecified atom stereocenters. The first-order valence-electron chi connectivity index (χ1n) is 10.3. The average molecular weight is 406 g/mol. The third-order valence-electron chi connectivity index (χ3n) is 6.66. The quantitative estimate of drug-likeness (QED) is 0.529. The van der Waals surface area contributed by atoms with Gasteiger partial charge in [0.1, 0.15) is 28.4 Å². The van der Waals surface area contributed by atoms with Crippen molar-refractivity contribution in [3.05, 3.63) is 53.7 Å². The van der Waals surface area contributed by atoms with Crippen LogP contribution in [0.4, 0.5) is 5.82 Å². The maximum absolute atomic E-state index is 6.31. The fraction of sp³-hybridized carbons (Fsp3) is 0.364. The molecule has 2 N–H and O–H groups in total. The van der Waals surface area contributed by atoms with Crippen molar-refractivity contribution in [3.63, 3.8) is 0 Å². The number of benzene rings is 1. The van der Waals surface area contributed by atoms with Crippen molar-refractivity contribution in [2.45, 2.75) is 50.0 Å². The minimum Gasteiger partial charge on any atom is -0.328 e. The highest BCUT2D eigenvalue weighted by Crippen LogP contribution is 2.56. The minimum absolute atomic E-state index is 0.00287. The van der Waals surface area contributed by atoms with Gasteiger partial charge in [-0.25, -0.2) is 0 Å². The van der Waals surface area contributed by atoms with Gasteiger partial charge in [-0.15, -0.1) is 10.2 Å². The van der Waals surface area contributed by atoms with Crippen molar-refractivity contribution in [2.75, 3.05) is 0 Å². The molecule has 2 aromatic heterocycles. The van der Waals surface area contributed by atoms with Gasteiger partial charge in [0.05, 0.1) is 11.1 Å². The van der Waals surface area contributed by atoms with E-state index in [0.717, 1.165) is 42.2 Å². The van der Waals surface area contributed by atoms with Crippen LogP contribution in [0.15, 0.2) is 41.6 Å². The van der Waals surface area contributed by atoms with E-state index in [4.69, 9.17) is 10.7 Å². The van der Waals surface area contributed by atoms with Crippen molar-refractivity contribution >= 4 is 33.7 Å².